The van der Waals surface area contributed by atoms with E-state index in [1.807, 2.05) is 4.98 Å². The Hall–Kier alpha value is 1.97. The van der Waals surface area contributed by atoms with Gasteiger partial charge >= 0.3 is 94.4 Å². The normalized spacial score (nSPS) is 28.1. The zero-order valence-corrected chi connectivity index (χ0v) is 25.4. The Balaban J connectivity index is 0. The maximum Gasteiger partial charge on any atom is 1.00 e. The first-order valence-corrected chi connectivity index (χ1v) is 11.6. The predicted octanol–water partition coefficient (Wildman–Crippen LogP) is -13.4. The van der Waals surface area contributed by atoms with Crippen molar-refractivity contribution in [3.05, 3.63) is 33.1 Å². The standard InChI is InChI=1S/C9H15N2O15P3.3Na/c12-5-1-2-11(9(15)10-5)8-7(14)6(13)4(24-8)3-23-28(19,20)26-29(21,22)25-27(16,17)18;;;/h1-2,4,6-8,13-14H,3H2,(H,19,20)(H,21,22)(H,10,12,15)(H2,16,17,18);;;/q;3*+1/p-3/t4?,6-,7?,8?;;;/m1.../s1. The van der Waals surface area contributed by atoms with E-state index < -0.39 is 65.9 Å². The monoisotopic (exact) mass is 550 g/mol. The van der Waals surface area contributed by atoms with Crippen LogP contribution in [0.3, 0.4) is 0 Å². The van der Waals surface area contributed by atoms with Gasteiger partial charge in [0.15, 0.2) is 6.23 Å². The molecule has 17 nitrogen and oxygen atoms in total. The summed E-state index contributed by atoms with van der Waals surface area (Å²) in [6, 6.07) is 0.898. The molecule has 7 atom stereocenters. The Bertz CT molecular complexity index is 1010. The van der Waals surface area contributed by atoms with Crippen molar-refractivity contribution in [1.82, 2.24) is 9.55 Å². The SMILES string of the molecule is O=c1ccn(C2OC(COP(=O)([O-])OP(=O)([O-])OP(=O)([O-])O)[C@@H](O)C2O)c(=O)[nH]1.[Na+].[Na+].[Na+]. The summed E-state index contributed by atoms with van der Waals surface area (Å²) in [4.78, 5) is 65.8. The zero-order valence-electron chi connectivity index (χ0n) is 16.7. The summed E-state index contributed by atoms with van der Waals surface area (Å²) in [5.74, 6) is 0. The van der Waals surface area contributed by atoms with Crippen LogP contribution in [0.2, 0.25) is 0 Å². The summed E-state index contributed by atoms with van der Waals surface area (Å²) >= 11 is 0. The van der Waals surface area contributed by atoms with E-state index in [1.165, 1.54) is 0 Å². The van der Waals surface area contributed by atoms with Crippen LogP contribution in [0.1, 0.15) is 6.23 Å². The van der Waals surface area contributed by atoms with Crippen molar-refractivity contribution in [2.24, 2.45) is 0 Å². The average molecular weight is 550 g/mol. The molecular formula is C9H12N2Na3O15P3. The van der Waals surface area contributed by atoms with Crippen molar-refractivity contribution < 1.29 is 150 Å². The quantitative estimate of drug-likeness (QED) is 0.173. The second-order valence-corrected chi connectivity index (χ2v) is 9.68. The van der Waals surface area contributed by atoms with Crippen molar-refractivity contribution in [3.63, 3.8) is 0 Å². The number of rotatable bonds is 8. The molecule has 0 amide bonds. The van der Waals surface area contributed by atoms with Gasteiger partial charge in [0.05, 0.1) is 6.61 Å². The Labute approximate surface area is 244 Å². The topological polar surface area (TPSA) is 273 Å². The number of nitrogens with zero attached hydrogens (tertiary/aromatic N) is 1. The number of aliphatic hydroxyl groups excluding tert-OH is 2. The molecule has 32 heavy (non-hydrogen) atoms. The molecule has 0 aromatic carbocycles. The predicted molar refractivity (Wildman–Crippen MR) is 80.4 cm³/mol. The van der Waals surface area contributed by atoms with Gasteiger partial charge in [-0.3, -0.25) is 28.0 Å². The number of ether oxygens (including phenoxy) is 1. The number of phosphoric ester groups is 1. The molecule has 1 aliphatic rings. The van der Waals surface area contributed by atoms with Crippen molar-refractivity contribution in [1.29, 1.82) is 0 Å². The molecule has 1 aliphatic heterocycles. The van der Waals surface area contributed by atoms with Crippen LogP contribution in [0.15, 0.2) is 21.9 Å². The number of hydrogen-bond donors (Lipinski definition) is 4. The van der Waals surface area contributed by atoms with E-state index in [9.17, 15) is 48.2 Å². The minimum atomic E-state index is -6.10. The molecule has 0 spiro atoms. The smallest absolute Gasteiger partial charge is 0.756 e. The molecule has 1 aromatic heterocycles. The van der Waals surface area contributed by atoms with Crippen LogP contribution in [0.4, 0.5) is 0 Å². The summed E-state index contributed by atoms with van der Waals surface area (Å²) < 4.78 is 49.3. The first kappa shape index (κ1) is 36.1. The van der Waals surface area contributed by atoms with Gasteiger partial charge in [-0.15, -0.1) is 0 Å². The molecule has 0 saturated carbocycles. The van der Waals surface area contributed by atoms with Crippen molar-refractivity contribution in [2.45, 2.75) is 24.5 Å². The molecule has 1 fully saturated rings. The molecule has 1 aromatic rings. The fraction of sp³-hybridized carbons (Fsp3) is 0.556. The van der Waals surface area contributed by atoms with Crippen LogP contribution in [0.5, 0.6) is 0 Å². The van der Waals surface area contributed by atoms with Gasteiger partial charge in [-0.1, -0.05) is 0 Å². The third kappa shape index (κ3) is 10.9. The van der Waals surface area contributed by atoms with Crippen LogP contribution < -0.4 is 115 Å². The number of phosphoric acid groups is 3. The van der Waals surface area contributed by atoms with Gasteiger partial charge in [0.25, 0.3) is 29.0 Å². The van der Waals surface area contributed by atoms with Gasteiger partial charge in [0, 0.05) is 12.3 Å². The van der Waals surface area contributed by atoms with Crippen LogP contribution in [0.25, 0.3) is 0 Å². The third-order valence-electron chi connectivity index (χ3n) is 3.26. The van der Waals surface area contributed by atoms with Crippen LogP contribution in [-0.4, -0.2) is 49.6 Å². The van der Waals surface area contributed by atoms with E-state index >= 15 is 0 Å². The van der Waals surface area contributed by atoms with Crippen LogP contribution in [0, 0.1) is 0 Å². The minimum Gasteiger partial charge on any atom is -0.756 e. The number of nitrogens with one attached hydrogen (secondary N) is 1. The number of aromatic nitrogens is 2. The number of aromatic amines is 1. The Morgan fingerprint density at radius 2 is 1.59 bits per heavy atom. The van der Waals surface area contributed by atoms with E-state index in [0.29, 0.717) is 4.57 Å². The number of hydrogen-bond acceptors (Lipinski definition) is 14. The molecule has 4 N–H and O–H groups in total. The van der Waals surface area contributed by atoms with Gasteiger partial charge in [0.1, 0.15) is 18.3 Å². The molecule has 2 rings (SSSR count). The molecule has 2 heterocycles. The molecule has 0 bridgehead atoms. The minimum absolute atomic E-state index is 0. The molecule has 23 heteroatoms. The summed E-state index contributed by atoms with van der Waals surface area (Å²) in [5, 5.41) is 19.8. The second-order valence-electron chi connectivity index (χ2n) is 5.39. The number of H-pyrrole nitrogens is 1. The Morgan fingerprint density at radius 1 is 1.03 bits per heavy atom. The zero-order chi connectivity index (χ0) is 22.2. The van der Waals surface area contributed by atoms with E-state index in [2.05, 4.69) is 13.1 Å². The van der Waals surface area contributed by atoms with Crippen molar-refractivity contribution >= 4 is 23.5 Å². The molecule has 1 saturated heterocycles. The molecular weight excluding hydrogens is 538 g/mol. The first-order chi connectivity index (χ1) is 13.1. The van der Waals surface area contributed by atoms with Gasteiger partial charge in [0.2, 0.25) is 0 Å². The van der Waals surface area contributed by atoms with E-state index in [4.69, 9.17) is 9.63 Å². The second kappa shape index (κ2) is 14.1. The van der Waals surface area contributed by atoms with Gasteiger partial charge in [-0.2, -0.15) is 0 Å². The molecule has 6 unspecified atom stereocenters. The summed E-state index contributed by atoms with van der Waals surface area (Å²) in [6.45, 7) is -1.15. The fourth-order valence-corrected chi connectivity index (χ4v) is 5.07. The van der Waals surface area contributed by atoms with Gasteiger partial charge < -0.3 is 39.0 Å². The fourth-order valence-electron chi connectivity index (χ4n) is 2.18. The largest absolute Gasteiger partial charge is 1.00 e. The van der Waals surface area contributed by atoms with Crippen LogP contribution >= 0.6 is 23.5 Å². The van der Waals surface area contributed by atoms with Crippen molar-refractivity contribution in [3.8, 4) is 0 Å². The summed E-state index contributed by atoms with van der Waals surface area (Å²) in [5.41, 5.74) is -1.79. The number of aliphatic hydroxyl groups is 2. The average Bonchev–Trinajstić information content (AvgIpc) is 2.78. The molecule has 166 valence electrons. The van der Waals surface area contributed by atoms with Gasteiger partial charge in [-0.05, 0) is 0 Å². The Kier molecular flexibility index (Phi) is 15.9. The maximum atomic E-state index is 11.7. The summed E-state index contributed by atoms with van der Waals surface area (Å²) in [7, 11) is -17.8. The van der Waals surface area contributed by atoms with Crippen molar-refractivity contribution in [2.75, 3.05) is 6.61 Å². The summed E-state index contributed by atoms with van der Waals surface area (Å²) in [6.07, 6.45) is -5.93. The first-order valence-electron chi connectivity index (χ1n) is 7.16. The molecule has 0 radical (unpaired) electrons. The maximum absolute atomic E-state index is 11.7. The third-order valence-corrected chi connectivity index (χ3v) is 6.95. The van der Waals surface area contributed by atoms with E-state index in [1.54, 1.807) is 0 Å². The van der Waals surface area contributed by atoms with Crippen LogP contribution in [-0.2, 0) is 31.6 Å². The van der Waals surface area contributed by atoms with E-state index in [0.717, 1.165) is 12.3 Å². The molecule has 0 aliphatic carbocycles. The van der Waals surface area contributed by atoms with E-state index in [-0.39, 0.29) is 88.7 Å². The Morgan fingerprint density at radius 3 is 2.09 bits per heavy atom. The van der Waals surface area contributed by atoms with Gasteiger partial charge in [-0.25, -0.2) is 13.4 Å².